The van der Waals surface area contributed by atoms with Gasteiger partial charge in [0.2, 0.25) is 0 Å². The second kappa shape index (κ2) is 8.61. The molecule has 2 aromatic carbocycles. The summed E-state index contributed by atoms with van der Waals surface area (Å²) in [7, 11) is 0. The maximum Gasteiger partial charge on any atom is 0.145 e. The predicted octanol–water partition coefficient (Wildman–Crippen LogP) is 3.42. The van der Waals surface area contributed by atoms with E-state index in [-0.39, 0.29) is 0 Å². The van der Waals surface area contributed by atoms with E-state index in [4.69, 9.17) is 5.73 Å². The minimum absolute atomic E-state index is 0.320. The highest BCUT2D eigenvalue weighted by Crippen LogP contribution is 2.23. The van der Waals surface area contributed by atoms with Crippen molar-refractivity contribution in [3.05, 3.63) is 70.4 Å². The van der Waals surface area contributed by atoms with E-state index >= 15 is 0 Å². The first-order valence-corrected chi connectivity index (χ1v) is 9.10. The summed E-state index contributed by atoms with van der Waals surface area (Å²) in [6.45, 7) is 2.52. The summed E-state index contributed by atoms with van der Waals surface area (Å²) in [5.41, 5.74) is 10.5. The van der Waals surface area contributed by atoms with Crippen LogP contribution in [0.1, 0.15) is 34.4 Å². The molecule has 3 rings (SSSR count). The molecule has 29 heavy (non-hydrogen) atoms. The molecule has 0 amide bonds. The lowest BCUT2D eigenvalue weighted by Crippen LogP contribution is -2.07. The number of aryl methyl sites for hydroxylation is 2. The number of para-hydroxylation sites is 1. The Morgan fingerprint density at radius 2 is 1.66 bits per heavy atom. The molecule has 0 fully saturated rings. The monoisotopic (exact) mass is 381 g/mol. The van der Waals surface area contributed by atoms with Crippen LogP contribution in [0.2, 0.25) is 0 Å². The molecule has 3 N–H and O–H groups in total. The van der Waals surface area contributed by atoms with E-state index in [1.807, 2.05) is 31.2 Å². The van der Waals surface area contributed by atoms with Crippen LogP contribution in [0.3, 0.4) is 0 Å². The average molecular weight is 381 g/mol. The normalized spacial score (nSPS) is 10.0. The van der Waals surface area contributed by atoms with Crippen molar-refractivity contribution in [2.45, 2.75) is 19.8 Å². The molecule has 7 nitrogen and oxygen atoms in total. The number of aromatic nitrogens is 2. The number of hydrogen-bond donors (Lipinski definition) is 2. The lowest BCUT2D eigenvalue weighted by atomic mass is 10.1. The molecule has 1 aromatic heterocycles. The van der Waals surface area contributed by atoms with Crippen LogP contribution in [0.5, 0.6) is 0 Å². The van der Waals surface area contributed by atoms with Gasteiger partial charge in [0.15, 0.2) is 0 Å². The molecule has 0 saturated carbocycles. The standard InChI is InChI=1S/C22H19N7/c1-15-7-9-18(10-8-15)29-22(26)19(14-25)20(28-29)6-3-11-27-21-16(12-23)4-2-5-17(21)13-24/h2,4-5,7-10,27H,3,6,11,26H2,1H3. The predicted molar refractivity (Wildman–Crippen MR) is 110 cm³/mol. The highest BCUT2D eigenvalue weighted by Gasteiger charge is 2.16. The Labute approximate surface area is 169 Å². The molecule has 0 aliphatic carbocycles. The number of nitrogens with one attached hydrogen (secondary N) is 1. The third-order valence-corrected chi connectivity index (χ3v) is 4.58. The topological polar surface area (TPSA) is 127 Å². The van der Waals surface area contributed by atoms with Crippen LogP contribution in [0, 0.1) is 40.9 Å². The van der Waals surface area contributed by atoms with Gasteiger partial charge in [-0.15, -0.1) is 0 Å². The molecule has 1 heterocycles. The number of nitriles is 3. The van der Waals surface area contributed by atoms with Crippen molar-refractivity contribution in [2.75, 3.05) is 17.6 Å². The van der Waals surface area contributed by atoms with Gasteiger partial charge in [0.1, 0.15) is 29.6 Å². The Balaban J connectivity index is 1.73. The highest BCUT2D eigenvalue weighted by atomic mass is 15.3. The maximum absolute atomic E-state index is 9.50. The molecule has 0 bridgehead atoms. The Morgan fingerprint density at radius 1 is 1.00 bits per heavy atom. The van der Waals surface area contributed by atoms with E-state index in [0.29, 0.717) is 53.3 Å². The number of nitrogens with two attached hydrogens (primary N) is 1. The van der Waals surface area contributed by atoms with Crippen LogP contribution in [0.4, 0.5) is 11.5 Å². The van der Waals surface area contributed by atoms with Gasteiger partial charge in [-0.2, -0.15) is 20.9 Å². The van der Waals surface area contributed by atoms with Crippen LogP contribution in [-0.2, 0) is 6.42 Å². The number of rotatable bonds is 6. The number of anilines is 2. The minimum atomic E-state index is 0.320. The van der Waals surface area contributed by atoms with E-state index in [2.05, 4.69) is 28.6 Å². The molecular weight excluding hydrogens is 362 g/mol. The molecule has 3 aromatic rings. The lowest BCUT2D eigenvalue weighted by molar-refractivity contribution is 0.790. The third-order valence-electron chi connectivity index (χ3n) is 4.58. The molecule has 0 atom stereocenters. The largest absolute Gasteiger partial charge is 0.383 e. The van der Waals surface area contributed by atoms with Gasteiger partial charge in [-0.1, -0.05) is 23.8 Å². The fraction of sp³-hybridized carbons (Fsp3) is 0.182. The Kier molecular flexibility index (Phi) is 5.78. The molecule has 142 valence electrons. The van der Waals surface area contributed by atoms with Crippen molar-refractivity contribution < 1.29 is 0 Å². The fourth-order valence-corrected chi connectivity index (χ4v) is 3.06. The zero-order valence-corrected chi connectivity index (χ0v) is 16.0. The second-order valence-electron chi connectivity index (χ2n) is 6.55. The number of nitrogens with zero attached hydrogens (tertiary/aromatic N) is 5. The van der Waals surface area contributed by atoms with Crippen LogP contribution in [0.15, 0.2) is 42.5 Å². The van der Waals surface area contributed by atoms with E-state index in [1.54, 1.807) is 22.9 Å². The molecule has 0 radical (unpaired) electrons. The zero-order chi connectivity index (χ0) is 20.8. The summed E-state index contributed by atoms with van der Waals surface area (Å²) < 4.78 is 1.58. The van der Waals surface area contributed by atoms with Crippen LogP contribution in [0.25, 0.3) is 5.69 Å². The summed E-state index contributed by atoms with van der Waals surface area (Å²) >= 11 is 0. The molecule has 0 unspecified atom stereocenters. The fourth-order valence-electron chi connectivity index (χ4n) is 3.06. The first-order valence-electron chi connectivity index (χ1n) is 9.10. The van der Waals surface area contributed by atoms with Gasteiger partial charge in [0.05, 0.1) is 28.2 Å². The van der Waals surface area contributed by atoms with E-state index in [0.717, 1.165) is 11.3 Å². The van der Waals surface area contributed by atoms with Gasteiger partial charge in [-0.3, -0.25) is 0 Å². The van der Waals surface area contributed by atoms with Gasteiger partial charge in [0.25, 0.3) is 0 Å². The van der Waals surface area contributed by atoms with Gasteiger partial charge in [-0.05, 0) is 44.0 Å². The second-order valence-corrected chi connectivity index (χ2v) is 6.55. The molecule has 0 spiro atoms. The van der Waals surface area contributed by atoms with Crippen LogP contribution >= 0.6 is 0 Å². The van der Waals surface area contributed by atoms with Crippen LogP contribution < -0.4 is 11.1 Å². The summed E-state index contributed by atoms with van der Waals surface area (Å²) in [4.78, 5) is 0. The molecule has 7 heteroatoms. The Hall–Kier alpha value is -4.28. The van der Waals surface area contributed by atoms with Gasteiger partial charge < -0.3 is 11.1 Å². The first kappa shape index (κ1) is 19.5. The number of hydrogen-bond acceptors (Lipinski definition) is 6. The molecular formula is C22H19N7. The quantitative estimate of drug-likeness (QED) is 0.630. The van der Waals surface area contributed by atoms with E-state index in [1.165, 1.54) is 0 Å². The summed E-state index contributed by atoms with van der Waals surface area (Å²) in [6.07, 6.45) is 1.19. The Morgan fingerprint density at radius 3 is 2.24 bits per heavy atom. The van der Waals surface area contributed by atoms with Crippen molar-refractivity contribution >= 4 is 11.5 Å². The molecule has 0 aliphatic heterocycles. The highest BCUT2D eigenvalue weighted by molar-refractivity contribution is 5.66. The average Bonchev–Trinajstić information content (AvgIpc) is 3.06. The molecule has 0 saturated heterocycles. The smallest absolute Gasteiger partial charge is 0.145 e. The Bertz CT molecular complexity index is 1120. The van der Waals surface area contributed by atoms with Crippen molar-refractivity contribution in [1.82, 2.24) is 9.78 Å². The lowest BCUT2D eigenvalue weighted by Gasteiger charge is -2.09. The maximum atomic E-state index is 9.50. The van der Waals surface area contributed by atoms with Crippen molar-refractivity contribution in [3.63, 3.8) is 0 Å². The van der Waals surface area contributed by atoms with Gasteiger partial charge in [-0.25, -0.2) is 4.68 Å². The number of benzene rings is 2. The summed E-state index contributed by atoms with van der Waals surface area (Å²) in [5.74, 6) is 0.320. The van der Waals surface area contributed by atoms with E-state index in [9.17, 15) is 15.8 Å². The van der Waals surface area contributed by atoms with Crippen molar-refractivity contribution in [3.8, 4) is 23.9 Å². The van der Waals surface area contributed by atoms with E-state index < -0.39 is 0 Å². The van der Waals surface area contributed by atoms with Crippen molar-refractivity contribution in [1.29, 1.82) is 15.8 Å². The summed E-state index contributed by atoms with van der Waals surface area (Å²) in [5, 5.41) is 35.7. The van der Waals surface area contributed by atoms with Crippen LogP contribution in [-0.4, -0.2) is 16.3 Å². The zero-order valence-electron chi connectivity index (χ0n) is 16.0. The third kappa shape index (κ3) is 4.03. The number of nitrogen functional groups attached to an aromatic ring is 1. The molecule has 0 aliphatic rings. The SMILES string of the molecule is Cc1ccc(-n2nc(CCCNc3c(C#N)cccc3C#N)c(C#N)c2N)cc1. The summed E-state index contributed by atoms with van der Waals surface area (Å²) in [6, 6.07) is 19.1. The minimum Gasteiger partial charge on any atom is -0.383 e. The van der Waals surface area contributed by atoms with Gasteiger partial charge in [0, 0.05) is 6.54 Å². The first-order chi connectivity index (χ1) is 14.1. The van der Waals surface area contributed by atoms with Crippen molar-refractivity contribution in [2.24, 2.45) is 0 Å². The van der Waals surface area contributed by atoms with Gasteiger partial charge >= 0.3 is 0 Å².